The van der Waals surface area contributed by atoms with E-state index in [1.807, 2.05) is 0 Å². The molecule has 1 aliphatic heterocycles. The fraction of sp³-hybridized carbons (Fsp3) is 0.600. The molecule has 4 nitrogen and oxygen atoms in total. The molecule has 2 heterocycles. The second-order valence-electron chi connectivity index (χ2n) is 6.20. The van der Waals surface area contributed by atoms with Crippen molar-refractivity contribution in [2.24, 2.45) is 5.73 Å². The first kappa shape index (κ1) is 13.8. The third-order valence-electron chi connectivity index (χ3n) is 4.20. The molecule has 0 bridgehead atoms. The molecule has 0 radical (unpaired) electrons. The first-order chi connectivity index (χ1) is 9.49. The van der Waals surface area contributed by atoms with E-state index in [-0.39, 0.29) is 5.54 Å². The first-order valence-corrected chi connectivity index (χ1v) is 7.58. The van der Waals surface area contributed by atoms with E-state index in [4.69, 9.17) is 27.7 Å². The lowest BCUT2D eigenvalue weighted by Gasteiger charge is -2.43. The molecule has 0 unspecified atom stereocenters. The van der Waals surface area contributed by atoms with Crippen LogP contribution in [0.25, 0.3) is 0 Å². The van der Waals surface area contributed by atoms with Crippen LogP contribution in [0.2, 0.25) is 0 Å². The van der Waals surface area contributed by atoms with Crippen LogP contribution in [0.4, 0.5) is 5.82 Å². The van der Waals surface area contributed by atoms with E-state index in [1.165, 1.54) is 17.7 Å². The zero-order valence-corrected chi connectivity index (χ0v) is 12.9. The van der Waals surface area contributed by atoms with Crippen molar-refractivity contribution in [3.63, 3.8) is 0 Å². The molecule has 1 saturated heterocycles. The van der Waals surface area contributed by atoms with E-state index in [1.54, 1.807) is 0 Å². The highest BCUT2D eigenvalue weighted by molar-refractivity contribution is 7.80. The number of anilines is 1. The van der Waals surface area contributed by atoms with Crippen molar-refractivity contribution in [2.45, 2.75) is 38.6 Å². The van der Waals surface area contributed by atoms with Crippen LogP contribution in [0.5, 0.6) is 0 Å². The van der Waals surface area contributed by atoms with Gasteiger partial charge in [-0.2, -0.15) is 0 Å². The topological polar surface area (TPSA) is 51.4 Å². The van der Waals surface area contributed by atoms with Gasteiger partial charge in [0.05, 0.1) is 24.3 Å². The van der Waals surface area contributed by atoms with Crippen LogP contribution in [0.3, 0.4) is 0 Å². The zero-order chi connectivity index (χ0) is 14.3. The van der Waals surface area contributed by atoms with Crippen LogP contribution in [0.1, 0.15) is 37.1 Å². The van der Waals surface area contributed by atoms with Crippen LogP contribution < -0.4 is 10.6 Å². The summed E-state index contributed by atoms with van der Waals surface area (Å²) in [4.78, 5) is 7.63. The summed E-state index contributed by atoms with van der Waals surface area (Å²) in [6, 6.07) is 2.15. The predicted octanol–water partition coefficient (Wildman–Crippen LogP) is 1.82. The number of nitrogens with zero attached hydrogens (tertiary/aromatic N) is 2. The minimum atomic E-state index is -0.0857. The monoisotopic (exact) mass is 291 g/mol. The van der Waals surface area contributed by atoms with E-state index < -0.39 is 0 Å². The zero-order valence-electron chi connectivity index (χ0n) is 12.1. The molecule has 0 spiro atoms. The van der Waals surface area contributed by atoms with Gasteiger partial charge in [-0.15, -0.1) is 0 Å². The van der Waals surface area contributed by atoms with Gasteiger partial charge >= 0.3 is 0 Å². The maximum Gasteiger partial charge on any atom is 0.139 e. The maximum atomic E-state index is 5.94. The Kier molecular flexibility index (Phi) is 3.42. The molecule has 5 heteroatoms. The average Bonchev–Trinajstić information content (AvgIpc) is 2.83. The Morgan fingerprint density at radius 3 is 2.95 bits per heavy atom. The van der Waals surface area contributed by atoms with Crippen LogP contribution in [0, 0.1) is 0 Å². The number of nitrogens with two attached hydrogens (primary N) is 1. The highest BCUT2D eigenvalue weighted by Crippen LogP contribution is 2.32. The molecule has 1 aromatic rings. The molecule has 0 atom stereocenters. The Bertz CT molecular complexity index is 556. The number of hydrogen-bond acceptors (Lipinski definition) is 4. The quantitative estimate of drug-likeness (QED) is 0.842. The minimum absolute atomic E-state index is 0.0857. The molecule has 2 aliphatic rings. The minimum Gasteiger partial charge on any atom is -0.389 e. The van der Waals surface area contributed by atoms with Gasteiger partial charge in [-0.05, 0) is 44.7 Å². The van der Waals surface area contributed by atoms with Gasteiger partial charge in [0.2, 0.25) is 0 Å². The van der Waals surface area contributed by atoms with Gasteiger partial charge < -0.3 is 15.4 Å². The van der Waals surface area contributed by atoms with E-state index >= 15 is 0 Å². The summed E-state index contributed by atoms with van der Waals surface area (Å²) in [5.41, 5.74) is 9.28. The molecular formula is C15H21N3OS. The van der Waals surface area contributed by atoms with Crippen molar-refractivity contribution in [2.75, 3.05) is 24.7 Å². The number of thiocarbonyl (C=S) groups is 1. The molecule has 108 valence electrons. The Morgan fingerprint density at radius 2 is 2.25 bits per heavy atom. The van der Waals surface area contributed by atoms with E-state index in [9.17, 15) is 0 Å². The fourth-order valence-corrected chi connectivity index (χ4v) is 3.25. The Morgan fingerprint density at radius 1 is 1.45 bits per heavy atom. The van der Waals surface area contributed by atoms with Crippen molar-refractivity contribution in [3.05, 3.63) is 22.9 Å². The molecule has 0 amide bonds. The molecule has 20 heavy (non-hydrogen) atoms. The van der Waals surface area contributed by atoms with Crippen molar-refractivity contribution < 1.29 is 4.74 Å². The number of rotatable bonds is 2. The second kappa shape index (κ2) is 4.97. The molecule has 0 saturated carbocycles. The summed E-state index contributed by atoms with van der Waals surface area (Å²) in [6.45, 7) is 6.59. The maximum absolute atomic E-state index is 5.94. The number of morpholine rings is 1. The number of hydrogen-bond donors (Lipinski definition) is 1. The standard InChI is InChI=1S/C15H21N3OS/c1-15(2)9-19-7-6-18(15)14-11(13(16)20)8-10-4-3-5-12(10)17-14/h8H,3-7,9H2,1-2H3,(H2,16,20). The Balaban J connectivity index is 2.09. The van der Waals surface area contributed by atoms with Gasteiger partial charge in [0.1, 0.15) is 10.8 Å². The lowest BCUT2D eigenvalue weighted by Crippen LogP contribution is -2.54. The highest BCUT2D eigenvalue weighted by atomic mass is 32.1. The molecule has 1 aromatic heterocycles. The summed E-state index contributed by atoms with van der Waals surface area (Å²) in [5, 5.41) is 0. The Labute approximate surface area is 125 Å². The van der Waals surface area contributed by atoms with Gasteiger partial charge in [-0.3, -0.25) is 0 Å². The molecular weight excluding hydrogens is 270 g/mol. The van der Waals surface area contributed by atoms with E-state index in [0.29, 0.717) is 11.6 Å². The third-order valence-corrected chi connectivity index (χ3v) is 4.42. The van der Waals surface area contributed by atoms with Gasteiger partial charge in [-0.1, -0.05) is 12.2 Å². The van der Waals surface area contributed by atoms with Crippen LogP contribution in [-0.4, -0.2) is 35.3 Å². The number of aromatic nitrogens is 1. The van der Waals surface area contributed by atoms with E-state index in [0.717, 1.165) is 37.4 Å². The largest absolute Gasteiger partial charge is 0.389 e. The smallest absolute Gasteiger partial charge is 0.139 e. The van der Waals surface area contributed by atoms with Crippen molar-refractivity contribution in [3.8, 4) is 0 Å². The SMILES string of the molecule is CC1(C)COCCN1c1nc2c(cc1C(N)=S)CCC2. The Hall–Kier alpha value is -1.20. The van der Waals surface area contributed by atoms with Crippen LogP contribution >= 0.6 is 12.2 Å². The molecule has 1 fully saturated rings. The number of ether oxygens (including phenoxy) is 1. The molecule has 2 N–H and O–H groups in total. The van der Waals surface area contributed by atoms with Gasteiger partial charge in [-0.25, -0.2) is 4.98 Å². The molecule has 1 aliphatic carbocycles. The van der Waals surface area contributed by atoms with Crippen molar-refractivity contribution in [1.82, 2.24) is 4.98 Å². The molecule has 0 aromatic carbocycles. The van der Waals surface area contributed by atoms with Gasteiger partial charge in [0, 0.05) is 12.2 Å². The summed E-state index contributed by atoms with van der Waals surface area (Å²) >= 11 is 5.24. The number of pyridine rings is 1. The first-order valence-electron chi connectivity index (χ1n) is 7.17. The number of fused-ring (bicyclic) bond motifs is 1. The van der Waals surface area contributed by atoms with Crippen molar-refractivity contribution >= 4 is 23.0 Å². The average molecular weight is 291 g/mol. The lowest BCUT2D eigenvalue weighted by atomic mass is 10.0. The van der Waals surface area contributed by atoms with Gasteiger partial charge in [0.15, 0.2) is 0 Å². The van der Waals surface area contributed by atoms with Crippen LogP contribution in [-0.2, 0) is 17.6 Å². The normalized spacial score (nSPS) is 20.8. The summed E-state index contributed by atoms with van der Waals surface area (Å²) in [7, 11) is 0. The number of aryl methyl sites for hydroxylation is 2. The molecule has 3 rings (SSSR count). The fourth-order valence-electron chi connectivity index (χ4n) is 3.10. The summed E-state index contributed by atoms with van der Waals surface area (Å²) < 4.78 is 5.60. The van der Waals surface area contributed by atoms with Gasteiger partial charge in [0.25, 0.3) is 0 Å². The van der Waals surface area contributed by atoms with E-state index in [2.05, 4.69) is 24.8 Å². The highest BCUT2D eigenvalue weighted by Gasteiger charge is 2.34. The predicted molar refractivity (Wildman–Crippen MR) is 84.4 cm³/mol. The third kappa shape index (κ3) is 2.29. The summed E-state index contributed by atoms with van der Waals surface area (Å²) in [6.07, 6.45) is 3.32. The van der Waals surface area contributed by atoms with Crippen molar-refractivity contribution in [1.29, 1.82) is 0 Å². The van der Waals surface area contributed by atoms with Crippen LogP contribution in [0.15, 0.2) is 6.07 Å². The second-order valence-corrected chi connectivity index (χ2v) is 6.64. The lowest BCUT2D eigenvalue weighted by molar-refractivity contribution is 0.0639. The summed E-state index contributed by atoms with van der Waals surface area (Å²) in [5.74, 6) is 0.937.